The van der Waals surface area contributed by atoms with E-state index in [1.165, 1.54) is 0 Å². The lowest BCUT2D eigenvalue weighted by Crippen LogP contribution is -2.46. The molecule has 1 amide bonds. The van der Waals surface area contributed by atoms with Crippen LogP contribution in [0.15, 0.2) is 18.2 Å². The van der Waals surface area contributed by atoms with Crippen molar-refractivity contribution in [1.29, 1.82) is 0 Å². The van der Waals surface area contributed by atoms with Gasteiger partial charge in [-0.1, -0.05) is 19.1 Å². The summed E-state index contributed by atoms with van der Waals surface area (Å²) in [6.07, 6.45) is 0.978. The molecule has 5 heteroatoms. The molecule has 1 aliphatic rings. The van der Waals surface area contributed by atoms with E-state index in [1.54, 1.807) is 7.11 Å². The summed E-state index contributed by atoms with van der Waals surface area (Å²) in [5.74, 6) is 0.592. The molecule has 0 saturated carbocycles. The number of nitrogens with one attached hydrogen (secondary N) is 1. The second-order valence-corrected chi connectivity index (χ2v) is 6.04. The van der Waals surface area contributed by atoms with E-state index in [4.69, 9.17) is 4.74 Å². The number of carbonyl (C=O) groups excluding carboxylic acids is 1. The van der Waals surface area contributed by atoms with Gasteiger partial charge in [-0.3, -0.25) is 4.79 Å². The number of hydrogen-bond acceptors (Lipinski definition) is 4. The highest BCUT2D eigenvalue weighted by Gasteiger charge is 2.16. The highest BCUT2D eigenvalue weighted by molar-refractivity contribution is 5.98. The van der Waals surface area contributed by atoms with Gasteiger partial charge in [0.25, 0.3) is 5.91 Å². The maximum absolute atomic E-state index is 12.4. The van der Waals surface area contributed by atoms with Gasteiger partial charge in [0, 0.05) is 32.7 Å². The number of amides is 1. The van der Waals surface area contributed by atoms with E-state index in [9.17, 15) is 4.79 Å². The van der Waals surface area contributed by atoms with Crippen LogP contribution in [0.4, 0.5) is 0 Å². The van der Waals surface area contributed by atoms with Crippen molar-refractivity contribution in [3.8, 4) is 5.75 Å². The summed E-state index contributed by atoms with van der Waals surface area (Å²) in [7, 11) is 1.60. The van der Waals surface area contributed by atoms with Crippen LogP contribution in [0.2, 0.25) is 0 Å². The van der Waals surface area contributed by atoms with E-state index >= 15 is 0 Å². The van der Waals surface area contributed by atoms with Crippen molar-refractivity contribution in [3.05, 3.63) is 29.3 Å². The lowest BCUT2D eigenvalue weighted by Gasteiger charge is -2.33. The van der Waals surface area contributed by atoms with Crippen LogP contribution in [0.25, 0.3) is 0 Å². The minimum Gasteiger partial charge on any atom is -0.496 e. The number of likely N-dealkylation sites (N-methyl/N-ethyl adjacent to an activating group) is 1. The molecular formula is C18H29N3O2. The molecule has 0 aliphatic carbocycles. The predicted molar refractivity (Wildman–Crippen MR) is 93.2 cm³/mol. The van der Waals surface area contributed by atoms with Crippen molar-refractivity contribution in [2.75, 3.05) is 52.9 Å². The van der Waals surface area contributed by atoms with Crippen molar-refractivity contribution < 1.29 is 9.53 Å². The van der Waals surface area contributed by atoms with Crippen LogP contribution in [0.1, 0.15) is 29.3 Å². The Kier molecular flexibility index (Phi) is 6.86. The first kappa shape index (κ1) is 17.8. The van der Waals surface area contributed by atoms with Crippen molar-refractivity contribution in [3.63, 3.8) is 0 Å². The Bertz CT molecular complexity index is 511. The van der Waals surface area contributed by atoms with E-state index in [1.807, 2.05) is 25.1 Å². The maximum atomic E-state index is 12.4. The molecule has 0 unspecified atom stereocenters. The van der Waals surface area contributed by atoms with Crippen molar-refractivity contribution in [2.45, 2.75) is 20.3 Å². The first-order valence-corrected chi connectivity index (χ1v) is 8.52. The molecule has 0 spiro atoms. The maximum Gasteiger partial charge on any atom is 0.255 e. The van der Waals surface area contributed by atoms with Crippen molar-refractivity contribution in [1.82, 2.24) is 15.1 Å². The predicted octanol–water partition coefficient (Wildman–Crippen LogP) is 1.76. The van der Waals surface area contributed by atoms with Crippen LogP contribution in [0.5, 0.6) is 5.75 Å². The fourth-order valence-electron chi connectivity index (χ4n) is 3.02. The normalized spacial score (nSPS) is 16.3. The minimum absolute atomic E-state index is 0.0456. The Morgan fingerprint density at radius 3 is 2.57 bits per heavy atom. The molecular weight excluding hydrogens is 290 g/mol. The zero-order chi connectivity index (χ0) is 16.7. The first-order valence-electron chi connectivity index (χ1n) is 8.52. The van der Waals surface area contributed by atoms with Gasteiger partial charge >= 0.3 is 0 Å². The Hall–Kier alpha value is -1.59. The van der Waals surface area contributed by atoms with Gasteiger partial charge in [0.15, 0.2) is 0 Å². The fourth-order valence-corrected chi connectivity index (χ4v) is 3.02. The molecule has 1 aliphatic heterocycles. The van der Waals surface area contributed by atoms with Gasteiger partial charge in [0.05, 0.1) is 12.7 Å². The Morgan fingerprint density at radius 2 is 1.91 bits per heavy atom. The van der Waals surface area contributed by atoms with Gasteiger partial charge in [0.1, 0.15) is 5.75 Å². The second-order valence-electron chi connectivity index (χ2n) is 6.04. The molecule has 2 rings (SSSR count). The van der Waals surface area contributed by atoms with Gasteiger partial charge in [-0.2, -0.15) is 0 Å². The molecule has 1 fully saturated rings. The largest absolute Gasteiger partial charge is 0.496 e. The number of carbonyl (C=O) groups is 1. The Balaban J connectivity index is 1.74. The number of hydrogen-bond donors (Lipinski definition) is 1. The van der Waals surface area contributed by atoms with E-state index in [0.29, 0.717) is 17.9 Å². The lowest BCUT2D eigenvalue weighted by molar-refractivity contribution is 0.0944. The van der Waals surface area contributed by atoms with Gasteiger partial charge in [-0.15, -0.1) is 0 Å². The van der Waals surface area contributed by atoms with Crippen LogP contribution in [0.3, 0.4) is 0 Å². The van der Waals surface area contributed by atoms with Crippen LogP contribution >= 0.6 is 0 Å². The number of rotatable bonds is 7. The average molecular weight is 319 g/mol. The number of aryl methyl sites for hydroxylation is 1. The fraction of sp³-hybridized carbons (Fsp3) is 0.611. The molecule has 128 valence electrons. The SMILES string of the molecule is CCN1CCN(CCCNC(=O)c2c(C)cccc2OC)CC1. The van der Waals surface area contributed by atoms with Gasteiger partial charge in [-0.05, 0) is 38.1 Å². The van der Waals surface area contributed by atoms with Crippen LogP contribution in [-0.4, -0.2) is 68.6 Å². The summed E-state index contributed by atoms with van der Waals surface area (Å²) in [6.45, 7) is 11.6. The van der Waals surface area contributed by atoms with Crippen LogP contribution < -0.4 is 10.1 Å². The Morgan fingerprint density at radius 1 is 1.22 bits per heavy atom. The standard InChI is InChI=1S/C18H29N3O2/c1-4-20-11-13-21(14-12-20)10-6-9-19-18(22)17-15(2)7-5-8-16(17)23-3/h5,7-8H,4,6,9-14H2,1-3H3,(H,19,22). The summed E-state index contributed by atoms with van der Waals surface area (Å²) in [6, 6.07) is 5.67. The number of piperazine rings is 1. The van der Waals surface area contributed by atoms with E-state index < -0.39 is 0 Å². The lowest BCUT2D eigenvalue weighted by atomic mass is 10.1. The van der Waals surface area contributed by atoms with Gasteiger partial charge in [-0.25, -0.2) is 0 Å². The summed E-state index contributed by atoms with van der Waals surface area (Å²) >= 11 is 0. The highest BCUT2D eigenvalue weighted by Crippen LogP contribution is 2.21. The third-order valence-corrected chi connectivity index (χ3v) is 4.53. The molecule has 1 heterocycles. The molecule has 0 bridgehead atoms. The minimum atomic E-state index is -0.0456. The quantitative estimate of drug-likeness (QED) is 0.778. The van der Waals surface area contributed by atoms with Gasteiger partial charge in [0.2, 0.25) is 0 Å². The van der Waals surface area contributed by atoms with Crippen molar-refractivity contribution >= 4 is 5.91 Å². The number of ether oxygens (including phenoxy) is 1. The molecule has 0 aromatic heterocycles. The zero-order valence-electron chi connectivity index (χ0n) is 14.6. The number of nitrogens with zero attached hydrogens (tertiary/aromatic N) is 2. The van der Waals surface area contributed by atoms with Crippen LogP contribution in [-0.2, 0) is 0 Å². The van der Waals surface area contributed by atoms with Gasteiger partial charge < -0.3 is 19.9 Å². The van der Waals surface area contributed by atoms with E-state index in [-0.39, 0.29) is 5.91 Å². The molecule has 5 nitrogen and oxygen atoms in total. The molecule has 0 radical (unpaired) electrons. The molecule has 1 saturated heterocycles. The second kappa shape index (κ2) is 8.89. The third kappa shape index (κ3) is 4.94. The van der Waals surface area contributed by atoms with Crippen molar-refractivity contribution in [2.24, 2.45) is 0 Å². The third-order valence-electron chi connectivity index (χ3n) is 4.53. The zero-order valence-corrected chi connectivity index (χ0v) is 14.6. The summed E-state index contributed by atoms with van der Waals surface area (Å²) in [5, 5.41) is 3.02. The molecule has 1 aromatic rings. The molecule has 1 aromatic carbocycles. The molecule has 0 atom stereocenters. The van der Waals surface area contributed by atoms with E-state index in [2.05, 4.69) is 22.0 Å². The molecule has 1 N–H and O–H groups in total. The summed E-state index contributed by atoms with van der Waals surface area (Å²) < 4.78 is 5.30. The Labute approximate surface area is 139 Å². The summed E-state index contributed by atoms with van der Waals surface area (Å²) in [4.78, 5) is 17.3. The number of benzene rings is 1. The molecule has 23 heavy (non-hydrogen) atoms. The van der Waals surface area contributed by atoms with Crippen LogP contribution in [0, 0.1) is 6.92 Å². The smallest absolute Gasteiger partial charge is 0.255 e. The summed E-state index contributed by atoms with van der Waals surface area (Å²) in [5.41, 5.74) is 1.59. The highest BCUT2D eigenvalue weighted by atomic mass is 16.5. The van der Waals surface area contributed by atoms with E-state index in [0.717, 1.165) is 51.3 Å². The topological polar surface area (TPSA) is 44.8 Å². The number of methoxy groups -OCH3 is 1. The average Bonchev–Trinajstić information content (AvgIpc) is 2.58. The first-order chi connectivity index (χ1) is 11.2. The monoisotopic (exact) mass is 319 g/mol.